The molecule has 0 aliphatic carbocycles. The van der Waals surface area contributed by atoms with E-state index < -0.39 is 18.6 Å². The maximum Gasteiger partial charge on any atom is 0.262 e. The molecule has 1 rings (SSSR count). The van der Waals surface area contributed by atoms with Gasteiger partial charge in [0.1, 0.15) is 11.6 Å². The van der Waals surface area contributed by atoms with E-state index in [2.05, 4.69) is 24.1 Å². The van der Waals surface area contributed by atoms with Gasteiger partial charge in [0.15, 0.2) is 0 Å². The summed E-state index contributed by atoms with van der Waals surface area (Å²) in [4.78, 5) is 14.3. The van der Waals surface area contributed by atoms with E-state index >= 15 is 0 Å². The lowest BCUT2D eigenvalue weighted by Gasteiger charge is -2.21. The Morgan fingerprint density at radius 3 is 2.33 bits per heavy atom. The average Bonchev–Trinajstić information content (AvgIpc) is 2.61. The zero-order valence-corrected chi connectivity index (χ0v) is 14.4. The molecule has 0 aromatic heterocycles. The van der Waals surface area contributed by atoms with Crippen molar-refractivity contribution in [2.24, 2.45) is 0 Å². The normalized spacial score (nSPS) is 12.8. The lowest BCUT2D eigenvalue weighted by molar-refractivity contribution is -0.117. The molecule has 0 aliphatic heterocycles. The number of rotatable bonds is 8. The minimum absolute atomic E-state index is 0.00395. The monoisotopic (exact) mass is 331 g/mol. The summed E-state index contributed by atoms with van der Waals surface area (Å²) in [5.74, 6) is -0.560. The molecular formula is C18H25N3O3. The number of nitrogens with one attached hydrogen (secondary N) is 1. The first-order chi connectivity index (χ1) is 11.5. The smallest absolute Gasteiger partial charge is 0.262 e. The Morgan fingerprint density at radius 2 is 1.88 bits per heavy atom. The summed E-state index contributed by atoms with van der Waals surface area (Å²) in [6.07, 6.45) is -1.04. The molecule has 0 bridgehead atoms. The number of aliphatic hydroxyl groups is 2. The first-order valence-electron chi connectivity index (χ1n) is 8.01. The molecule has 0 heterocycles. The summed E-state index contributed by atoms with van der Waals surface area (Å²) < 4.78 is 0. The van der Waals surface area contributed by atoms with E-state index in [4.69, 9.17) is 5.11 Å². The molecule has 0 saturated heterocycles. The Balaban J connectivity index is 2.98. The molecule has 1 amide bonds. The van der Waals surface area contributed by atoms with E-state index in [9.17, 15) is 15.2 Å². The van der Waals surface area contributed by atoms with E-state index in [0.717, 1.165) is 24.3 Å². The quantitative estimate of drug-likeness (QED) is 0.493. The van der Waals surface area contributed by atoms with Crippen molar-refractivity contribution in [3.05, 3.63) is 35.4 Å². The van der Waals surface area contributed by atoms with E-state index in [-0.39, 0.29) is 12.1 Å². The fourth-order valence-electron chi connectivity index (χ4n) is 2.32. The number of hydrogen-bond donors (Lipinski definition) is 3. The highest BCUT2D eigenvalue weighted by Gasteiger charge is 2.15. The third kappa shape index (κ3) is 5.08. The van der Waals surface area contributed by atoms with Crippen LogP contribution in [0.2, 0.25) is 0 Å². The third-order valence-electron chi connectivity index (χ3n) is 3.85. The average molecular weight is 331 g/mol. The molecule has 0 aliphatic rings. The summed E-state index contributed by atoms with van der Waals surface area (Å²) in [7, 11) is 0. The Kier molecular flexibility index (Phi) is 7.96. The van der Waals surface area contributed by atoms with Crippen LogP contribution in [0.15, 0.2) is 29.8 Å². The Hall–Kier alpha value is -2.36. The number of benzene rings is 1. The zero-order valence-electron chi connectivity index (χ0n) is 14.4. The Labute approximate surface area is 143 Å². The summed E-state index contributed by atoms with van der Waals surface area (Å²) in [5.41, 5.74) is 2.45. The second-order valence-corrected chi connectivity index (χ2v) is 5.38. The van der Waals surface area contributed by atoms with Crippen molar-refractivity contribution in [1.82, 2.24) is 5.32 Å². The molecule has 3 N–H and O–H groups in total. The number of carbonyl (C=O) groups excluding carboxylic acids is 1. The summed E-state index contributed by atoms with van der Waals surface area (Å²) in [6, 6.07) is 9.62. The summed E-state index contributed by atoms with van der Waals surface area (Å²) in [6.45, 7) is 7.15. The van der Waals surface area contributed by atoms with Crippen LogP contribution >= 0.6 is 0 Å². The second-order valence-electron chi connectivity index (χ2n) is 5.38. The number of anilines is 1. The highest BCUT2D eigenvalue weighted by atomic mass is 16.3. The van der Waals surface area contributed by atoms with Gasteiger partial charge in [0.25, 0.3) is 5.91 Å². The van der Waals surface area contributed by atoms with Crippen LogP contribution in [0.5, 0.6) is 0 Å². The molecule has 6 nitrogen and oxygen atoms in total. The minimum atomic E-state index is -1.04. The van der Waals surface area contributed by atoms with Crippen molar-refractivity contribution < 1.29 is 15.0 Å². The highest BCUT2D eigenvalue weighted by molar-refractivity contribution is 6.04. The number of nitrogens with zero attached hydrogens (tertiary/aromatic N) is 2. The van der Waals surface area contributed by atoms with Crippen molar-refractivity contribution in [3.63, 3.8) is 0 Å². The van der Waals surface area contributed by atoms with Gasteiger partial charge in [0.05, 0.1) is 12.7 Å². The standard InChI is InChI=1S/C18H25N3O3/c1-4-21(5-2)15-8-6-14(7-9-15)13(3)17(10-19)18(24)20-11-16(23)12-22/h6-9,16,22-23H,4-5,11-12H2,1-3H3,(H,20,24)/b17-13+. The van der Waals surface area contributed by atoms with E-state index in [1.54, 1.807) is 6.92 Å². The summed E-state index contributed by atoms with van der Waals surface area (Å²) >= 11 is 0. The Bertz CT molecular complexity index is 613. The van der Waals surface area contributed by atoms with E-state index in [1.165, 1.54) is 0 Å². The number of aliphatic hydroxyl groups excluding tert-OH is 2. The van der Waals surface area contributed by atoms with Crippen LogP contribution in [0.3, 0.4) is 0 Å². The molecule has 0 saturated carbocycles. The molecular weight excluding hydrogens is 306 g/mol. The SMILES string of the molecule is CCN(CC)c1ccc(/C(C)=C(\C#N)C(=O)NCC(O)CO)cc1. The number of carbonyl (C=O) groups is 1. The van der Waals surface area contributed by atoms with Crippen molar-refractivity contribution >= 4 is 17.2 Å². The van der Waals surface area contributed by atoms with Gasteiger partial charge in [-0.25, -0.2) is 0 Å². The van der Waals surface area contributed by atoms with Crippen molar-refractivity contribution in [1.29, 1.82) is 5.26 Å². The largest absolute Gasteiger partial charge is 0.394 e. The van der Waals surface area contributed by atoms with Gasteiger partial charge in [0.2, 0.25) is 0 Å². The maximum atomic E-state index is 12.1. The van der Waals surface area contributed by atoms with Gasteiger partial charge >= 0.3 is 0 Å². The van der Waals surface area contributed by atoms with Crippen molar-refractivity contribution in [2.75, 3.05) is 31.1 Å². The van der Waals surface area contributed by atoms with Crippen LogP contribution in [0.25, 0.3) is 5.57 Å². The fourth-order valence-corrected chi connectivity index (χ4v) is 2.32. The van der Waals surface area contributed by atoms with Gasteiger partial charge in [-0.05, 0) is 44.0 Å². The molecule has 1 aromatic rings. The molecule has 24 heavy (non-hydrogen) atoms. The first-order valence-corrected chi connectivity index (χ1v) is 8.01. The zero-order chi connectivity index (χ0) is 18.1. The van der Waals surface area contributed by atoms with Gasteiger partial charge in [-0.15, -0.1) is 0 Å². The van der Waals surface area contributed by atoms with Crippen LogP contribution in [0.4, 0.5) is 5.69 Å². The number of nitriles is 1. The first kappa shape index (κ1) is 19.7. The van der Waals surface area contributed by atoms with Crippen molar-refractivity contribution in [3.8, 4) is 6.07 Å². The lowest BCUT2D eigenvalue weighted by atomic mass is 10.0. The van der Waals surface area contributed by atoms with Crippen molar-refractivity contribution in [2.45, 2.75) is 26.9 Å². The Morgan fingerprint density at radius 1 is 1.29 bits per heavy atom. The number of allylic oxidation sites excluding steroid dienone is 1. The van der Waals surface area contributed by atoms with E-state index in [0.29, 0.717) is 5.57 Å². The second kappa shape index (κ2) is 9.71. The molecule has 0 radical (unpaired) electrons. The van der Waals surface area contributed by atoms with Crippen LogP contribution in [0.1, 0.15) is 26.3 Å². The van der Waals surface area contributed by atoms with E-state index in [1.807, 2.05) is 30.3 Å². The summed E-state index contributed by atoms with van der Waals surface area (Å²) in [5, 5.41) is 29.8. The number of amides is 1. The fraction of sp³-hybridized carbons (Fsp3) is 0.444. The maximum absolute atomic E-state index is 12.1. The van der Waals surface area contributed by atoms with Crippen LogP contribution in [-0.4, -0.2) is 48.5 Å². The number of hydrogen-bond acceptors (Lipinski definition) is 5. The van der Waals surface area contributed by atoms with Crippen LogP contribution < -0.4 is 10.2 Å². The molecule has 1 atom stereocenters. The molecule has 1 unspecified atom stereocenters. The van der Waals surface area contributed by atoms with Gasteiger partial charge < -0.3 is 20.4 Å². The third-order valence-corrected chi connectivity index (χ3v) is 3.85. The van der Waals surface area contributed by atoms with Gasteiger partial charge in [-0.2, -0.15) is 5.26 Å². The van der Waals surface area contributed by atoms with Gasteiger partial charge in [-0.1, -0.05) is 12.1 Å². The molecule has 6 heteroatoms. The predicted molar refractivity (Wildman–Crippen MR) is 94.3 cm³/mol. The predicted octanol–water partition coefficient (Wildman–Crippen LogP) is 1.30. The highest BCUT2D eigenvalue weighted by Crippen LogP contribution is 2.22. The van der Waals surface area contributed by atoms with Crippen LogP contribution in [-0.2, 0) is 4.79 Å². The van der Waals surface area contributed by atoms with Gasteiger partial charge in [-0.3, -0.25) is 4.79 Å². The van der Waals surface area contributed by atoms with Gasteiger partial charge in [0, 0.05) is 25.3 Å². The van der Waals surface area contributed by atoms with Crippen LogP contribution in [0, 0.1) is 11.3 Å². The minimum Gasteiger partial charge on any atom is -0.394 e. The molecule has 0 spiro atoms. The lowest BCUT2D eigenvalue weighted by Crippen LogP contribution is -2.34. The molecule has 130 valence electrons. The topological polar surface area (TPSA) is 96.6 Å². The molecule has 0 fully saturated rings. The molecule has 1 aromatic carbocycles.